The van der Waals surface area contributed by atoms with E-state index in [0.717, 1.165) is 23.7 Å². The van der Waals surface area contributed by atoms with E-state index in [2.05, 4.69) is 15.2 Å². The number of nitrogens with two attached hydrogens (primary N) is 1. The summed E-state index contributed by atoms with van der Waals surface area (Å²) in [6.45, 7) is 0. The number of hydrogen-bond donors (Lipinski definition) is 1. The highest BCUT2D eigenvalue weighted by Crippen LogP contribution is 2.28. The molecule has 72 valence electrons. The molecule has 7 heteroatoms. The average Bonchev–Trinajstić information content (AvgIpc) is 2.51. The van der Waals surface area contributed by atoms with Crippen LogP contribution in [-0.2, 0) is 0 Å². The highest BCUT2D eigenvalue weighted by Gasteiger charge is 2.15. The van der Waals surface area contributed by atoms with Crippen molar-refractivity contribution in [3.05, 3.63) is 24.0 Å². The highest BCUT2D eigenvalue weighted by atomic mass is 32.1. The molecule has 0 spiro atoms. The van der Waals surface area contributed by atoms with E-state index in [-0.39, 0.29) is 15.7 Å². The van der Waals surface area contributed by atoms with Crippen molar-refractivity contribution in [2.45, 2.75) is 0 Å². The Morgan fingerprint density at radius 3 is 2.29 bits per heavy atom. The highest BCUT2D eigenvalue weighted by molar-refractivity contribution is 7.18. The predicted octanol–water partition coefficient (Wildman–Crippen LogP) is 1.46. The average molecular weight is 214 g/mol. The SMILES string of the molecule is Nc1nnc(-c2c(F)cncc2F)s1. The molecule has 4 nitrogen and oxygen atoms in total. The largest absolute Gasteiger partial charge is 0.374 e. The number of rotatable bonds is 1. The minimum atomic E-state index is -0.777. The predicted molar refractivity (Wildman–Crippen MR) is 47.5 cm³/mol. The van der Waals surface area contributed by atoms with E-state index < -0.39 is 11.6 Å². The van der Waals surface area contributed by atoms with Crippen LogP contribution >= 0.6 is 11.3 Å². The van der Waals surface area contributed by atoms with Crippen LogP contribution in [-0.4, -0.2) is 15.2 Å². The zero-order valence-corrected chi connectivity index (χ0v) is 7.55. The lowest BCUT2D eigenvalue weighted by Gasteiger charge is -1.97. The monoisotopic (exact) mass is 214 g/mol. The lowest BCUT2D eigenvalue weighted by atomic mass is 10.2. The molecule has 2 aromatic rings. The van der Waals surface area contributed by atoms with Crippen LogP contribution in [0.5, 0.6) is 0 Å². The molecule has 0 atom stereocenters. The molecule has 2 heterocycles. The first kappa shape index (κ1) is 8.95. The zero-order valence-electron chi connectivity index (χ0n) is 6.74. The van der Waals surface area contributed by atoms with E-state index in [1.165, 1.54) is 0 Å². The smallest absolute Gasteiger partial charge is 0.203 e. The number of aromatic nitrogens is 3. The van der Waals surface area contributed by atoms with Gasteiger partial charge < -0.3 is 5.73 Å². The topological polar surface area (TPSA) is 64.7 Å². The number of nitrogen functional groups attached to an aromatic ring is 1. The molecule has 14 heavy (non-hydrogen) atoms. The maximum absolute atomic E-state index is 13.1. The van der Waals surface area contributed by atoms with Gasteiger partial charge in [0.1, 0.15) is 0 Å². The van der Waals surface area contributed by atoms with Gasteiger partial charge in [0.15, 0.2) is 16.6 Å². The summed E-state index contributed by atoms with van der Waals surface area (Å²) in [7, 11) is 0. The Balaban J connectivity index is 2.61. The van der Waals surface area contributed by atoms with Gasteiger partial charge in [0, 0.05) is 0 Å². The molecule has 0 amide bonds. The Morgan fingerprint density at radius 1 is 1.14 bits per heavy atom. The van der Waals surface area contributed by atoms with Crippen molar-refractivity contribution in [2.24, 2.45) is 0 Å². The van der Waals surface area contributed by atoms with Gasteiger partial charge in [-0.2, -0.15) is 0 Å². The molecule has 0 aliphatic rings. The van der Waals surface area contributed by atoms with Gasteiger partial charge in [0.2, 0.25) is 5.13 Å². The number of anilines is 1. The van der Waals surface area contributed by atoms with E-state index >= 15 is 0 Å². The molecule has 0 fully saturated rings. The Labute approximate surface area is 81.4 Å². The van der Waals surface area contributed by atoms with Gasteiger partial charge in [-0.1, -0.05) is 11.3 Å². The summed E-state index contributed by atoms with van der Waals surface area (Å²) in [6, 6.07) is 0. The Bertz CT molecular complexity index is 450. The van der Waals surface area contributed by atoms with Gasteiger partial charge >= 0.3 is 0 Å². The van der Waals surface area contributed by atoms with Crippen LogP contribution in [0.4, 0.5) is 13.9 Å². The molecule has 0 aliphatic heterocycles. The van der Waals surface area contributed by atoms with Gasteiger partial charge in [-0.05, 0) is 0 Å². The van der Waals surface area contributed by atoms with E-state index in [4.69, 9.17) is 5.73 Å². The fourth-order valence-electron chi connectivity index (χ4n) is 0.951. The summed E-state index contributed by atoms with van der Waals surface area (Å²) < 4.78 is 26.3. The van der Waals surface area contributed by atoms with Crippen molar-refractivity contribution in [1.82, 2.24) is 15.2 Å². The second-order valence-corrected chi connectivity index (χ2v) is 3.43. The summed E-state index contributed by atoms with van der Waals surface area (Å²) >= 11 is 0.917. The minimum absolute atomic E-state index is 0.111. The van der Waals surface area contributed by atoms with Crippen LogP contribution in [0.3, 0.4) is 0 Å². The Hall–Kier alpha value is -1.63. The van der Waals surface area contributed by atoms with Crippen molar-refractivity contribution < 1.29 is 8.78 Å². The van der Waals surface area contributed by atoms with Crippen LogP contribution in [0.1, 0.15) is 0 Å². The first-order valence-electron chi connectivity index (χ1n) is 3.57. The van der Waals surface area contributed by atoms with Crippen molar-refractivity contribution in [3.8, 4) is 10.6 Å². The summed E-state index contributed by atoms with van der Waals surface area (Å²) in [5.74, 6) is -1.55. The maximum Gasteiger partial charge on any atom is 0.203 e. The van der Waals surface area contributed by atoms with E-state index in [1.54, 1.807) is 0 Å². The lowest BCUT2D eigenvalue weighted by molar-refractivity contribution is 0.579. The molecule has 0 unspecified atom stereocenters. The molecule has 2 rings (SSSR count). The third kappa shape index (κ3) is 1.41. The molecule has 0 saturated carbocycles. The quantitative estimate of drug-likeness (QED) is 0.780. The third-order valence-electron chi connectivity index (χ3n) is 1.51. The summed E-state index contributed by atoms with van der Waals surface area (Å²) in [6.07, 6.45) is 1.83. The molecular weight excluding hydrogens is 210 g/mol. The van der Waals surface area contributed by atoms with E-state index in [0.29, 0.717) is 0 Å². The summed E-state index contributed by atoms with van der Waals surface area (Å²) in [4.78, 5) is 3.35. The van der Waals surface area contributed by atoms with Crippen molar-refractivity contribution in [2.75, 3.05) is 5.73 Å². The summed E-state index contributed by atoms with van der Waals surface area (Å²) in [5, 5.41) is 7.28. The second kappa shape index (κ2) is 3.26. The molecule has 0 aromatic carbocycles. The van der Waals surface area contributed by atoms with Gasteiger partial charge in [-0.3, -0.25) is 4.98 Å². The van der Waals surface area contributed by atoms with Crippen molar-refractivity contribution in [1.29, 1.82) is 0 Å². The van der Waals surface area contributed by atoms with Crippen molar-refractivity contribution in [3.63, 3.8) is 0 Å². The second-order valence-electron chi connectivity index (χ2n) is 2.42. The lowest BCUT2D eigenvalue weighted by Crippen LogP contribution is -1.91. The van der Waals surface area contributed by atoms with Crippen LogP contribution < -0.4 is 5.73 Å². The molecule has 0 aliphatic carbocycles. The number of nitrogens with zero attached hydrogens (tertiary/aromatic N) is 3. The molecular formula is C7H4F2N4S. The first-order valence-corrected chi connectivity index (χ1v) is 4.38. The molecule has 0 saturated heterocycles. The van der Waals surface area contributed by atoms with Gasteiger partial charge in [-0.15, -0.1) is 10.2 Å². The first-order chi connectivity index (χ1) is 6.68. The van der Waals surface area contributed by atoms with Crippen LogP contribution in [0.25, 0.3) is 10.6 Å². The van der Waals surface area contributed by atoms with Gasteiger partial charge in [-0.25, -0.2) is 8.78 Å². The van der Waals surface area contributed by atoms with Crippen LogP contribution in [0, 0.1) is 11.6 Å². The fraction of sp³-hybridized carbons (Fsp3) is 0. The third-order valence-corrected chi connectivity index (χ3v) is 2.28. The minimum Gasteiger partial charge on any atom is -0.374 e. The Morgan fingerprint density at radius 2 is 1.79 bits per heavy atom. The van der Waals surface area contributed by atoms with Gasteiger partial charge in [0.25, 0.3) is 0 Å². The molecule has 0 bridgehead atoms. The summed E-state index contributed by atoms with van der Waals surface area (Å²) in [5.41, 5.74) is 5.06. The number of hydrogen-bond acceptors (Lipinski definition) is 5. The normalized spacial score (nSPS) is 10.4. The van der Waals surface area contributed by atoms with E-state index in [1.807, 2.05) is 0 Å². The molecule has 0 radical (unpaired) electrons. The fourth-order valence-corrected chi connectivity index (χ4v) is 1.61. The maximum atomic E-state index is 13.1. The molecule has 2 aromatic heterocycles. The standard InChI is InChI=1S/C7H4F2N4S/c8-3-1-11-2-4(9)5(3)6-12-13-7(10)14-6/h1-2H,(H2,10,13). The van der Waals surface area contributed by atoms with Crippen LogP contribution in [0.15, 0.2) is 12.4 Å². The van der Waals surface area contributed by atoms with E-state index in [9.17, 15) is 8.78 Å². The Kier molecular flexibility index (Phi) is 2.08. The van der Waals surface area contributed by atoms with Crippen molar-refractivity contribution >= 4 is 16.5 Å². The number of pyridine rings is 1. The van der Waals surface area contributed by atoms with Gasteiger partial charge in [0.05, 0.1) is 18.0 Å². The number of halogens is 2. The van der Waals surface area contributed by atoms with Crippen LogP contribution in [0.2, 0.25) is 0 Å². The zero-order chi connectivity index (χ0) is 10.1. The molecule has 2 N–H and O–H groups in total.